The number of anilines is 1. The van der Waals surface area contributed by atoms with Gasteiger partial charge in [0.1, 0.15) is 5.75 Å². The lowest BCUT2D eigenvalue weighted by Gasteiger charge is -2.28. The van der Waals surface area contributed by atoms with Crippen molar-refractivity contribution in [1.82, 2.24) is 14.5 Å². The average molecular weight is 513 g/mol. The molecule has 0 atom stereocenters. The van der Waals surface area contributed by atoms with Gasteiger partial charge in [-0.1, -0.05) is 44.2 Å². The molecule has 0 aliphatic heterocycles. The Morgan fingerprint density at radius 2 is 1.86 bits per heavy atom. The summed E-state index contributed by atoms with van der Waals surface area (Å²) in [6, 6.07) is 17.0. The zero-order valence-corrected chi connectivity index (χ0v) is 22.0. The zero-order valence-electron chi connectivity index (χ0n) is 20.3. The van der Waals surface area contributed by atoms with E-state index >= 15 is 0 Å². The van der Waals surface area contributed by atoms with Crippen LogP contribution in [0.2, 0.25) is 0 Å². The molecule has 3 aromatic rings. The molecule has 1 heterocycles. The number of sulfone groups is 1. The molecule has 0 unspecified atom stereocenters. The normalized spacial score (nSPS) is 13.6. The van der Waals surface area contributed by atoms with Gasteiger partial charge in [0.15, 0.2) is 5.11 Å². The van der Waals surface area contributed by atoms with Crippen LogP contribution in [0.1, 0.15) is 44.0 Å². The Hall–Kier alpha value is -2.91. The lowest BCUT2D eigenvalue weighted by atomic mass is 10.2. The molecule has 0 saturated heterocycles. The lowest BCUT2D eigenvalue weighted by molar-refractivity contribution is 0.352. The maximum absolute atomic E-state index is 13.3. The van der Waals surface area contributed by atoms with E-state index in [-0.39, 0.29) is 17.0 Å². The number of thiocarbonyl (C=S) groups is 1. The molecule has 4 rings (SSSR count). The van der Waals surface area contributed by atoms with Crippen molar-refractivity contribution in [3.05, 3.63) is 72.1 Å². The molecular formula is C26H32N4O3S2. The fraction of sp³-hybridized carbons (Fsp3) is 0.385. The van der Waals surface area contributed by atoms with Gasteiger partial charge in [-0.05, 0) is 60.8 Å². The number of hydrogen-bond donors (Lipinski definition) is 1. The highest BCUT2D eigenvalue weighted by Gasteiger charge is 2.34. The summed E-state index contributed by atoms with van der Waals surface area (Å²) in [6.45, 7) is 5.47. The zero-order chi connectivity index (χ0) is 25.0. The van der Waals surface area contributed by atoms with Crippen LogP contribution in [-0.2, 0) is 22.1 Å². The van der Waals surface area contributed by atoms with Gasteiger partial charge in [0.25, 0.3) is 0 Å². The summed E-state index contributed by atoms with van der Waals surface area (Å²) >= 11 is 5.76. The van der Waals surface area contributed by atoms with Gasteiger partial charge in [0.05, 0.1) is 31.3 Å². The van der Waals surface area contributed by atoms with Crippen molar-refractivity contribution in [3.63, 3.8) is 0 Å². The molecule has 1 fully saturated rings. The van der Waals surface area contributed by atoms with Gasteiger partial charge in [-0.25, -0.2) is 13.4 Å². The minimum absolute atomic E-state index is 0.0653. The first-order valence-corrected chi connectivity index (χ1v) is 13.9. The fourth-order valence-corrected chi connectivity index (χ4v) is 5.83. The molecule has 1 N–H and O–H groups in total. The summed E-state index contributed by atoms with van der Waals surface area (Å²) in [7, 11) is -1.96. The van der Waals surface area contributed by atoms with Crippen LogP contribution in [0.15, 0.2) is 66.0 Å². The van der Waals surface area contributed by atoms with E-state index in [9.17, 15) is 8.42 Å². The number of rotatable bonds is 10. The van der Waals surface area contributed by atoms with Crippen LogP contribution in [-0.4, -0.2) is 41.6 Å². The predicted molar refractivity (Wildman–Crippen MR) is 142 cm³/mol. The van der Waals surface area contributed by atoms with Crippen molar-refractivity contribution in [2.45, 2.75) is 50.2 Å². The molecule has 35 heavy (non-hydrogen) atoms. The number of hydrogen-bond acceptors (Lipinski definition) is 5. The molecular weight excluding hydrogens is 480 g/mol. The van der Waals surface area contributed by atoms with Crippen LogP contribution in [0.5, 0.6) is 5.75 Å². The molecule has 1 aliphatic carbocycles. The first-order chi connectivity index (χ1) is 16.8. The molecule has 7 nitrogen and oxygen atoms in total. The maximum Gasteiger partial charge on any atom is 0.228 e. The van der Waals surface area contributed by atoms with E-state index in [1.165, 1.54) is 0 Å². The summed E-state index contributed by atoms with van der Waals surface area (Å²) in [4.78, 5) is 6.49. The van der Waals surface area contributed by atoms with E-state index in [4.69, 9.17) is 17.0 Å². The monoisotopic (exact) mass is 512 g/mol. The number of nitrogens with one attached hydrogen (secondary N) is 1. The topological polar surface area (TPSA) is 76.5 Å². The third-order valence-electron chi connectivity index (χ3n) is 5.80. The fourth-order valence-electron chi connectivity index (χ4n) is 4.04. The van der Waals surface area contributed by atoms with Crippen molar-refractivity contribution < 1.29 is 13.2 Å². The molecule has 186 valence electrons. The van der Waals surface area contributed by atoms with Crippen LogP contribution >= 0.6 is 12.2 Å². The van der Waals surface area contributed by atoms with Crippen molar-refractivity contribution >= 4 is 32.9 Å². The van der Waals surface area contributed by atoms with Gasteiger partial charge in [0.2, 0.25) is 15.0 Å². The summed E-state index contributed by atoms with van der Waals surface area (Å²) in [5.41, 5.74) is 2.48. The van der Waals surface area contributed by atoms with Crippen LogP contribution in [0.25, 0.3) is 0 Å². The highest BCUT2D eigenvalue weighted by molar-refractivity contribution is 7.90. The van der Waals surface area contributed by atoms with Gasteiger partial charge < -0.3 is 19.5 Å². The Balaban J connectivity index is 1.57. The second-order valence-corrected chi connectivity index (χ2v) is 11.6. The predicted octanol–water partition coefficient (Wildman–Crippen LogP) is 5.06. The average Bonchev–Trinajstić information content (AvgIpc) is 3.58. The van der Waals surface area contributed by atoms with E-state index in [1.54, 1.807) is 13.3 Å². The van der Waals surface area contributed by atoms with E-state index in [0.29, 0.717) is 17.6 Å². The molecule has 1 aromatic heterocycles. The second-order valence-electron chi connectivity index (χ2n) is 9.31. The van der Waals surface area contributed by atoms with Crippen LogP contribution in [0.3, 0.4) is 0 Å². The minimum atomic E-state index is -3.59. The summed E-state index contributed by atoms with van der Waals surface area (Å²) < 4.78 is 33.8. The van der Waals surface area contributed by atoms with Crippen LogP contribution in [0.4, 0.5) is 5.69 Å². The van der Waals surface area contributed by atoms with E-state index in [0.717, 1.165) is 42.1 Å². The summed E-state index contributed by atoms with van der Waals surface area (Å²) in [5.74, 6) is 1.08. The highest BCUT2D eigenvalue weighted by Crippen LogP contribution is 2.39. The third-order valence-corrected chi connectivity index (χ3v) is 7.73. The van der Waals surface area contributed by atoms with Gasteiger partial charge in [-0.2, -0.15) is 0 Å². The lowest BCUT2D eigenvalue weighted by Crippen LogP contribution is -2.37. The largest absolute Gasteiger partial charge is 0.497 e. The highest BCUT2D eigenvalue weighted by atomic mass is 32.2. The SMILES string of the molecule is COc1ccc(NC(=S)N(Cc2cnc(S(=O)(=O)Cc3ccccc3)n2C2CC2)CC(C)C)cc1. The van der Waals surface area contributed by atoms with E-state index in [2.05, 4.69) is 29.0 Å². The number of methoxy groups -OCH3 is 1. The van der Waals surface area contributed by atoms with Crippen LogP contribution < -0.4 is 10.1 Å². The molecule has 1 saturated carbocycles. The van der Waals surface area contributed by atoms with Crippen molar-refractivity contribution in [3.8, 4) is 5.75 Å². The number of aromatic nitrogens is 2. The molecule has 0 spiro atoms. The van der Waals surface area contributed by atoms with Crippen molar-refractivity contribution in [1.29, 1.82) is 0 Å². The van der Waals surface area contributed by atoms with Gasteiger partial charge >= 0.3 is 0 Å². The molecule has 0 amide bonds. The first-order valence-electron chi connectivity index (χ1n) is 11.8. The Labute approximate surface area is 213 Å². The first kappa shape index (κ1) is 25.2. The van der Waals surface area contributed by atoms with E-state index < -0.39 is 9.84 Å². The van der Waals surface area contributed by atoms with E-state index in [1.807, 2.05) is 59.2 Å². The number of ether oxygens (including phenoxy) is 1. The molecule has 9 heteroatoms. The van der Waals surface area contributed by atoms with Gasteiger partial charge in [-0.3, -0.25) is 0 Å². The second kappa shape index (κ2) is 10.8. The Bertz CT molecular complexity index is 1250. The van der Waals surface area contributed by atoms with Gasteiger partial charge in [0, 0.05) is 18.3 Å². The Morgan fingerprint density at radius 1 is 1.17 bits per heavy atom. The number of imidazole rings is 1. The molecule has 0 bridgehead atoms. The standard InChI is InChI=1S/C26H32N4O3S2/c1-19(2)16-29(25(34)28-21-9-13-24(33-3)14-10-21)17-23-15-27-26(30(23)22-11-12-22)35(31,32)18-20-7-5-4-6-8-20/h4-10,13-15,19,22H,11-12,16-18H2,1-3H3,(H,28,34). The molecule has 2 aromatic carbocycles. The quantitative estimate of drug-likeness (QED) is 0.381. The smallest absolute Gasteiger partial charge is 0.228 e. The van der Waals surface area contributed by atoms with Crippen LogP contribution in [0, 0.1) is 5.92 Å². The minimum Gasteiger partial charge on any atom is -0.497 e. The third kappa shape index (κ3) is 6.41. The Kier molecular flexibility index (Phi) is 7.76. The number of benzene rings is 2. The Morgan fingerprint density at radius 3 is 2.46 bits per heavy atom. The number of nitrogens with zero attached hydrogens (tertiary/aromatic N) is 3. The summed E-state index contributed by atoms with van der Waals surface area (Å²) in [5, 5.41) is 4.04. The maximum atomic E-state index is 13.3. The van der Waals surface area contributed by atoms with Gasteiger partial charge in [-0.15, -0.1) is 0 Å². The van der Waals surface area contributed by atoms with Crippen molar-refractivity contribution in [2.24, 2.45) is 5.92 Å². The molecule has 0 radical (unpaired) electrons. The molecule has 1 aliphatic rings. The van der Waals surface area contributed by atoms with Crippen molar-refractivity contribution in [2.75, 3.05) is 19.0 Å². The summed E-state index contributed by atoms with van der Waals surface area (Å²) in [6.07, 6.45) is 3.60.